The Morgan fingerprint density at radius 1 is 1.15 bits per heavy atom. The molecule has 0 spiro atoms. The molecule has 7 heteroatoms. The molecule has 0 saturated carbocycles. The van der Waals surface area contributed by atoms with Crippen molar-refractivity contribution >= 4 is 17.5 Å². The molecule has 2 amide bonds. The zero-order chi connectivity index (χ0) is 19.9. The summed E-state index contributed by atoms with van der Waals surface area (Å²) in [6, 6.07) is 7.13. The fourth-order valence-corrected chi connectivity index (χ4v) is 2.65. The van der Waals surface area contributed by atoms with Crippen LogP contribution >= 0.6 is 0 Å². The van der Waals surface area contributed by atoms with E-state index in [0.717, 1.165) is 38.6 Å². The summed E-state index contributed by atoms with van der Waals surface area (Å²) in [5.74, 6) is 0.111. The van der Waals surface area contributed by atoms with Gasteiger partial charge >= 0.3 is 0 Å². The van der Waals surface area contributed by atoms with Crippen LogP contribution < -0.4 is 15.4 Å². The topological polar surface area (TPSA) is 79.9 Å². The SMILES string of the molecule is CC(C)Oc1ccc(NC(=O)C(C)(C)C(=O)NCCN2CCOCC2)cc1. The average molecular weight is 377 g/mol. The number of hydrogen-bond donors (Lipinski definition) is 2. The van der Waals surface area contributed by atoms with Crippen molar-refractivity contribution in [3.8, 4) is 5.75 Å². The fourth-order valence-electron chi connectivity index (χ4n) is 2.65. The van der Waals surface area contributed by atoms with Crippen molar-refractivity contribution in [2.75, 3.05) is 44.7 Å². The van der Waals surface area contributed by atoms with E-state index >= 15 is 0 Å². The molecule has 0 unspecified atom stereocenters. The van der Waals surface area contributed by atoms with Crippen molar-refractivity contribution in [1.82, 2.24) is 10.2 Å². The molecule has 1 aliphatic rings. The number of nitrogens with one attached hydrogen (secondary N) is 2. The summed E-state index contributed by atoms with van der Waals surface area (Å²) >= 11 is 0. The van der Waals surface area contributed by atoms with Crippen LogP contribution in [0.2, 0.25) is 0 Å². The first kappa shape index (κ1) is 21.2. The van der Waals surface area contributed by atoms with Crippen molar-refractivity contribution in [3.05, 3.63) is 24.3 Å². The monoisotopic (exact) mass is 377 g/mol. The predicted molar refractivity (Wildman–Crippen MR) is 105 cm³/mol. The number of hydrogen-bond acceptors (Lipinski definition) is 5. The number of amides is 2. The van der Waals surface area contributed by atoms with E-state index in [4.69, 9.17) is 9.47 Å². The van der Waals surface area contributed by atoms with E-state index in [1.165, 1.54) is 0 Å². The first-order valence-electron chi connectivity index (χ1n) is 9.45. The van der Waals surface area contributed by atoms with Crippen LogP contribution in [0.5, 0.6) is 5.75 Å². The van der Waals surface area contributed by atoms with Crippen LogP contribution in [0.15, 0.2) is 24.3 Å². The van der Waals surface area contributed by atoms with Crippen LogP contribution in [0.1, 0.15) is 27.7 Å². The van der Waals surface area contributed by atoms with Crippen LogP contribution in [0.4, 0.5) is 5.69 Å². The lowest BCUT2D eigenvalue weighted by Crippen LogP contribution is -2.48. The van der Waals surface area contributed by atoms with Gasteiger partial charge in [-0.05, 0) is 52.0 Å². The van der Waals surface area contributed by atoms with Crippen LogP contribution in [-0.2, 0) is 14.3 Å². The lowest BCUT2D eigenvalue weighted by Gasteiger charge is -2.27. The van der Waals surface area contributed by atoms with Crippen molar-refractivity contribution in [1.29, 1.82) is 0 Å². The van der Waals surface area contributed by atoms with Crippen molar-refractivity contribution in [2.45, 2.75) is 33.8 Å². The summed E-state index contributed by atoms with van der Waals surface area (Å²) in [5, 5.41) is 5.67. The number of carbonyl (C=O) groups is 2. The number of benzene rings is 1. The van der Waals surface area contributed by atoms with Gasteiger partial charge in [-0.1, -0.05) is 0 Å². The summed E-state index contributed by atoms with van der Waals surface area (Å²) in [6.07, 6.45) is 0.0885. The summed E-state index contributed by atoms with van der Waals surface area (Å²) in [6.45, 7) is 11.6. The van der Waals surface area contributed by atoms with Crippen LogP contribution in [0, 0.1) is 5.41 Å². The fraction of sp³-hybridized carbons (Fsp3) is 0.600. The minimum Gasteiger partial charge on any atom is -0.491 e. The molecule has 0 bridgehead atoms. The lowest BCUT2D eigenvalue weighted by atomic mass is 9.91. The van der Waals surface area contributed by atoms with Gasteiger partial charge in [-0.2, -0.15) is 0 Å². The number of nitrogens with zero attached hydrogens (tertiary/aromatic N) is 1. The summed E-state index contributed by atoms with van der Waals surface area (Å²) < 4.78 is 10.9. The second kappa shape index (κ2) is 9.71. The molecule has 1 aromatic carbocycles. The van der Waals surface area contributed by atoms with Crippen molar-refractivity contribution in [3.63, 3.8) is 0 Å². The molecule has 150 valence electrons. The summed E-state index contributed by atoms with van der Waals surface area (Å²) in [7, 11) is 0. The van der Waals surface area contributed by atoms with Crippen molar-refractivity contribution in [2.24, 2.45) is 5.41 Å². The Morgan fingerprint density at radius 2 is 1.78 bits per heavy atom. The second-order valence-electron chi connectivity index (χ2n) is 7.48. The van der Waals surface area contributed by atoms with Crippen LogP contribution in [0.25, 0.3) is 0 Å². The second-order valence-corrected chi connectivity index (χ2v) is 7.48. The van der Waals surface area contributed by atoms with E-state index in [0.29, 0.717) is 12.2 Å². The van der Waals surface area contributed by atoms with Gasteiger partial charge in [0.2, 0.25) is 11.8 Å². The molecule has 2 N–H and O–H groups in total. The van der Waals surface area contributed by atoms with Gasteiger partial charge in [0.1, 0.15) is 11.2 Å². The molecule has 1 aliphatic heterocycles. The van der Waals surface area contributed by atoms with Gasteiger partial charge in [-0.3, -0.25) is 14.5 Å². The highest BCUT2D eigenvalue weighted by atomic mass is 16.5. The molecule has 0 aliphatic carbocycles. The maximum atomic E-state index is 12.6. The maximum absolute atomic E-state index is 12.6. The normalized spacial score (nSPS) is 15.4. The van der Waals surface area contributed by atoms with Gasteiger partial charge in [0.05, 0.1) is 19.3 Å². The van der Waals surface area contributed by atoms with E-state index < -0.39 is 5.41 Å². The zero-order valence-corrected chi connectivity index (χ0v) is 16.7. The standard InChI is InChI=1S/C20H31N3O4/c1-15(2)27-17-7-5-16(6-8-17)22-19(25)20(3,4)18(24)21-9-10-23-11-13-26-14-12-23/h5-8,15H,9-14H2,1-4H3,(H,21,24)(H,22,25). The molecule has 1 aromatic rings. The number of anilines is 1. The molecule has 27 heavy (non-hydrogen) atoms. The summed E-state index contributed by atoms with van der Waals surface area (Å²) in [4.78, 5) is 27.3. The first-order chi connectivity index (χ1) is 12.8. The van der Waals surface area contributed by atoms with E-state index in [2.05, 4.69) is 15.5 Å². The molecule has 0 atom stereocenters. The predicted octanol–water partition coefficient (Wildman–Crippen LogP) is 1.89. The maximum Gasteiger partial charge on any atom is 0.239 e. The number of ether oxygens (including phenoxy) is 2. The minimum atomic E-state index is -1.17. The third-order valence-electron chi connectivity index (χ3n) is 4.44. The minimum absolute atomic E-state index is 0.0885. The highest BCUT2D eigenvalue weighted by Crippen LogP contribution is 2.21. The highest BCUT2D eigenvalue weighted by molar-refractivity contribution is 6.09. The average Bonchev–Trinajstić information content (AvgIpc) is 2.63. The molecule has 2 rings (SSSR count). The zero-order valence-electron chi connectivity index (χ0n) is 16.7. The molecular formula is C20H31N3O4. The van der Waals surface area contributed by atoms with Gasteiger partial charge in [0, 0.05) is 31.9 Å². The first-order valence-corrected chi connectivity index (χ1v) is 9.45. The Hall–Kier alpha value is -2.12. The van der Waals surface area contributed by atoms with E-state index in [-0.39, 0.29) is 17.9 Å². The smallest absolute Gasteiger partial charge is 0.239 e. The Morgan fingerprint density at radius 3 is 2.37 bits per heavy atom. The van der Waals surface area contributed by atoms with Crippen molar-refractivity contribution < 1.29 is 19.1 Å². The Balaban J connectivity index is 1.82. The quantitative estimate of drug-likeness (QED) is 0.677. The van der Waals surface area contributed by atoms with Crippen LogP contribution in [-0.4, -0.2) is 62.2 Å². The van der Waals surface area contributed by atoms with Gasteiger partial charge < -0.3 is 20.1 Å². The molecule has 0 aromatic heterocycles. The molecule has 7 nitrogen and oxygen atoms in total. The highest BCUT2D eigenvalue weighted by Gasteiger charge is 2.36. The summed E-state index contributed by atoms with van der Waals surface area (Å²) in [5.41, 5.74) is -0.539. The molecule has 0 radical (unpaired) electrons. The van der Waals surface area contributed by atoms with E-state index in [1.807, 2.05) is 13.8 Å². The van der Waals surface area contributed by atoms with Crippen LogP contribution in [0.3, 0.4) is 0 Å². The number of carbonyl (C=O) groups excluding carboxylic acids is 2. The largest absolute Gasteiger partial charge is 0.491 e. The van der Waals surface area contributed by atoms with E-state index in [9.17, 15) is 9.59 Å². The molecule has 1 fully saturated rings. The molecule has 1 heterocycles. The Bertz CT molecular complexity index is 623. The van der Waals surface area contributed by atoms with Gasteiger partial charge in [0.15, 0.2) is 0 Å². The number of rotatable bonds is 8. The van der Waals surface area contributed by atoms with Gasteiger partial charge in [0.25, 0.3) is 0 Å². The van der Waals surface area contributed by atoms with E-state index in [1.54, 1.807) is 38.1 Å². The lowest BCUT2D eigenvalue weighted by molar-refractivity contribution is -0.138. The Kier molecular flexibility index (Phi) is 7.62. The molecular weight excluding hydrogens is 346 g/mol. The number of morpholine rings is 1. The van der Waals surface area contributed by atoms with Gasteiger partial charge in [-0.25, -0.2) is 0 Å². The van der Waals surface area contributed by atoms with Gasteiger partial charge in [-0.15, -0.1) is 0 Å². The third kappa shape index (κ3) is 6.52. The molecule has 1 saturated heterocycles. The Labute approximate surface area is 161 Å². The third-order valence-corrected chi connectivity index (χ3v) is 4.44.